The maximum absolute atomic E-state index is 12.0. The van der Waals surface area contributed by atoms with Gasteiger partial charge >= 0.3 is 0 Å². The zero-order valence-electron chi connectivity index (χ0n) is 11.1. The van der Waals surface area contributed by atoms with Gasteiger partial charge in [-0.3, -0.25) is 9.59 Å². The smallest absolute Gasteiger partial charge is 0.243 e. The standard InChI is InChI=1S/C13H21N3O2/c1-10(2)9-11(13(18)15-7-6-14)16-8-4-3-5-12(16)17/h10-11H,3-5,7-9H2,1-2H3,(H,15,18)/t11-/m0/s1. The molecule has 0 aromatic rings. The van der Waals surface area contributed by atoms with Crippen LogP contribution in [0.1, 0.15) is 39.5 Å². The predicted molar refractivity (Wildman–Crippen MR) is 67.4 cm³/mol. The third-order valence-corrected chi connectivity index (χ3v) is 3.08. The van der Waals surface area contributed by atoms with Crippen molar-refractivity contribution in [2.45, 2.75) is 45.6 Å². The van der Waals surface area contributed by atoms with Gasteiger partial charge in [0, 0.05) is 13.0 Å². The fourth-order valence-corrected chi connectivity index (χ4v) is 2.22. The molecule has 0 radical (unpaired) electrons. The summed E-state index contributed by atoms with van der Waals surface area (Å²) in [7, 11) is 0. The minimum atomic E-state index is -0.425. The Bertz CT molecular complexity index is 347. The van der Waals surface area contributed by atoms with Crippen LogP contribution in [0.2, 0.25) is 0 Å². The van der Waals surface area contributed by atoms with Crippen LogP contribution in [0.5, 0.6) is 0 Å². The quantitative estimate of drug-likeness (QED) is 0.742. The molecule has 5 heteroatoms. The minimum Gasteiger partial charge on any atom is -0.341 e. The molecule has 0 saturated carbocycles. The summed E-state index contributed by atoms with van der Waals surface area (Å²) in [4.78, 5) is 25.6. The van der Waals surface area contributed by atoms with Gasteiger partial charge in [-0.1, -0.05) is 13.8 Å². The Kier molecular flexibility index (Phi) is 5.63. The average Bonchev–Trinajstić information content (AvgIpc) is 2.34. The van der Waals surface area contributed by atoms with Gasteiger partial charge < -0.3 is 10.2 Å². The van der Waals surface area contributed by atoms with Crippen LogP contribution >= 0.6 is 0 Å². The number of hydrogen-bond acceptors (Lipinski definition) is 3. The Morgan fingerprint density at radius 1 is 1.50 bits per heavy atom. The van der Waals surface area contributed by atoms with Gasteiger partial charge in [0.2, 0.25) is 11.8 Å². The summed E-state index contributed by atoms with van der Waals surface area (Å²) in [6, 6.07) is 1.46. The maximum Gasteiger partial charge on any atom is 0.243 e. The SMILES string of the molecule is CC(C)C[C@@H](C(=O)NCC#N)N1CCCCC1=O. The van der Waals surface area contributed by atoms with E-state index in [1.54, 1.807) is 4.90 Å². The molecular weight excluding hydrogens is 230 g/mol. The molecule has 1 aliphatic rings. The number of carbonyl (C=O) groups is 2. The summed E-state index contributed by atoms with van der Waals surface area (Å²) in [6.45, 7) is 4.70. The van der Waals surface area contributed by atoms with Crippen molar-refractivity contribution in [2.75, 3.05) is 13.1 Å². The second kappa shape index (κ2) is 7.00. The van der Waals surface area contributed by atoms with E-state index in [1.807, 2.05) is 19.9 Å². The largest absolute Gasteiger partial charge is 0.341 e. The highest BCUT2D eigenvalue weighted by Gasteiger charge is 2.31. The molecule has 0 bridgehead atoms. The molecule has 18 heavy (non-hydrogen) atoms. The number of piperidine rings is 1. The van der Waals surface area contributed by atoms with Gasteiger partial charge in [0.1, 0.15) is 12.6 Å². The molecular formula is C13H21N3O2. The van der Waals surface area contributed by atoms with Crippen molar-refractivity contribution >= 4 is 11.8 Å². The lowest BCUT2D eigenvalue weighted by atomic mass is 9.98. The normalized spacial score (nSPS) is 17.4. The maximum atomic E-state index is 12.0. The number of amides is 2. The molecule has 1 atom stereocenters. The molecule has 100 valence electrons. The zero-order valence-corrected chi connectivity index (χ0v) is 11.1. The van der Waals surface area contributed by atoms with E-state index in [9.17, 15) is 9.59 Å². The molecule has 0 unspecified atom stereocenters. The Labute approximate surface area is 108 Å². The van der Waals surface area contributed by atoms with Crippen LogP contribution in [0.4, 0.5) is 0 Å². The first kappa shape index (κ1) is 14.5. The lowest BCUT2D eigenvalue weighted by Gasteiger charge is -2.34. The molecule has 0 aliphatic carbocycles. The topological polar surface area (TPSA) is 73.2 Å². The minimum absolute atomic E-state index is 0.00450. The van der Waals surface area contributed by atoms with Gasteiger partial charge in [-0.2, -0.15) is 5.26 Å². The predicted octanol–water partition coefficient (Wildman–Crippen LogP) is 1.05. The number of nitrogens with zero attached hydrogens (tertiary/aromatic N) is 2. The fourth-order valence-electron chi connectivity index (χ4n) is 2.22. The summed E-state index contributed by atoms with van der Waals surface area (Å²) in [5.74, 6) is 0.178. The summed E-state index contributed by atoms with van der Waals surface area (Å²) >= 11 is 0. The van der Waals surface area contributed by atoms with E-state index in [-0.39, 0.29) is 18.4 Å². The van der Waals surface area contributed by atoms with Crippen molar-refractivity contribution < 1.29 is 9.59 Å². The van der Waals surface area contributed by atoms with E-state index in [4.69, 9.17) is 5.26 Å². The molecule has 1 N–H and O–H groups in total. The summed E-state index contributed by atoms with van der Waals surface area (Å²) in [5.41, 5.74) is 0. The van der Waals surface area contributed by atoms with Gasteiger partial charge in [-0.05, 0) is 25.2 Å². The lowest BCUT2D eigenvalue weighted by Crippen LogP contribution is -2.51. The molecule has 1 rings (SSSR count). The summed E-state index contributed by atoms with van der Waals surface area (Å²) in [6.07, 6.45) is 3.03. The van der Waals surface area contributed by atoms with Crippen LogP contribution in [0.3, 0.4) is 0 Å². The van der Waals surface area contributed by atoms with Crippen LogP contribution in [0.15, 0.2) is 0 Å². The first-order valence-electron chi connectivity index (χ1n) is 6.50. The fraction of sp³-hybridized carbons (Fsp3) is 0.769. The zero-order chi connectivity index (χ0) is 13.5. The number of nitrogens with one attached hydrogen (secondary N) is 1. The van der Waals surface area contributed by atoms with Crippen molar-refractivity contribution in [3.8, 4) is 6.07 Å². The molecule has 0 aromatic heterocycles. The first-order valence-corrected chi connectivity index (χ1v) is 6.50. The molecule has 1 aliphatic heterocycles. The third-order valence-electron chi connectivity index (χ3n) is 3.08. The van der Waals surface area contributed by atoms with Gasteiger partial charge in [0.25, 0.3) is 0 Å². The number of carbonyl (C=O) groups excluding carboxylic acids is 2. The van der Waals surface area contributed by atoms with Crippen LogP contribution in [-0.4, -0.2) is 35.8 Å². The molecule has 0 spiro atoms. The highest BCUT2D eigenvalue weighted by Crippen LogP contribution is 2.18. The Morgan fingerprint density at radius 3 is 2.78 bits per heavy atom. The second-order valence-electron chi connectivity index (χ2n) is 5.07. The highest BCUT2D eigenvalue weighted by molar-refractivity contribution is 5.88. The average molecular weight is 251 g/mol. The third kappa shape index (κ3) is 4.02. The van der Waals surface area contributed by atoms with E-state index in [1.165, 1.54) is 0 Å². The van der Waals surface area contributed by atoms with Crippen molar-refractivity contribution in [3.63, 3.8) is 0 Å². The number of hydrogen-bond donors (Lipinski definition) is 1. The Morgan fingerprint density at radius 2 is 2.22 bits per heavy atom. The molecule has 0 aromatic carbocycles. The van der Waals surface area contributed by atoms with Gasteiger partial charge in [0.05, 0.1) is 6.07 Å². The van der Waals surface area contributed by atoms with E-state index in [2.05, 4.69) is 5.32 Å². The van der Waals surface area contributed by atoms with Crippen LogP contribution in [0, 0.1) is 17.2 Å². The van der Waals surface area contributed by atoms with E-state index in [0.717, 1.165) is 12.8 Å². The number of likely N-dealkylation sites (tertiary alicyclic amines) is 1. The van der Waals surface area contributed by atoms with Gasteiger partial charge in [-0.25, -0.2) is 0 Å². The van der Waals surface area contributed by atoms with Crippen molar-refractivity contribution in [1.82, 2.24) is 10.2 Å². The van der Waals surface area contributed by atoms with Gasteiger partial charge in [-0.15, -0.1) is 0 Å². The summed E-state index contributed by atoms with van der Waals surface area (Å²) < 4.78 is 0. The van der Waals surface area contributed by atoms with Crippen molar-refractivity contribution in [2.24, 2.45) is 5.92 Å². The Balaban J connectivity index is 2.73. The Hall–Kier alpha value is -1.57. The molecule has 1 fully saturated rings. The van der Waals surface area contributed by atoms with Crippen LogP contribution < -0.4 is 5.32 Å². The highest BCUT2D eigenvalue weighted by atomic mass is 16.2. The second-order valence-corrected chi connectivity index (χ2v) is 5.07. The summed E-state index contributed by atoms with van der Waals surface area (Å²) in [5, 5.41) is 11.1. The van der Waals surface area contributed by atoms with Crippen molar-refractivity contribution in [1.29, 1.82) is 5.26 Å². The van der Waals surface area contributed by atoms with Crippen LogP contribution in [-0.2, 0) is 9.59 Å². The lowest BCUT2D eigenvalue weighted by molar-refractivity contribution is -0.142. The van der Waals surface area contributed by atoms with Crippen molar-refractivity contribution in [3.05, 3.63) is 0 Å². The number of nitriles is 1. The number of rotatable bonds is 5. The van der Waals surface area contributed by atoms with Crippen LogP contribution in [0.25, 0.3) is 0 Å². The first-order chi connectivity index (χ1) is 8.56. The van der Waals surface area contributed by atoms with Gasteiger partial charge in [0.15, 0.2) is 0 Å². The van der Waals surface area contributed by atoms with E-state index >= 15 is 0 Å². The van der Waals surface area contributed by atoms with E-state index < -0.39 is 6.04 Å². The monoisotopic (exact) mass is 251 g/mol. The molecule has 1 heterocycles. The molecule has 1 saturated heterocycles. The van der Waals surface area contributed by atoms with E-state index in [0.29, 0.717) is 25.3 Å². The molecule has 2 amide bonds. The molecule has 5 nitrogen and oxygen atoms in total.